The van der Waals surface area contributed by atoms with E-state index in [-0.39, 0.29) is 24.2 Å². The van der Waals surface area contributed by atoms with E-state index in [0.29, 0.717) is 16.3 Å². The standard InChI is InChI=1S/C14H12O5/c15-6-5-9-7-8-3-1-2-4-10(8)12(14(18)19)11(9)13(16)17/h1-4,7,15H,5-6H2,(H,16,17)(H,18,19). The fourth-order valence-corrected chi connectivity index (χ4v) is 2.19. The van der Waals surface area contributed by atoms with Crippen molar-refractivity contribution in [1.82, 2.24) is 0 Å². The van der Waals surface area contributed by atoms with Crippen LogP contribution < -0.4 is 0 Å². The minimum Gasteiger partial charge on any atom is -0.478 e. The zero-order chi connectivity index (χ0) is 14.0. The van der Waals surface area contributed by atoms with E-state index in [1.807, 2.05) is 0 Å². The molecule has 2 rings (SSSR count). The Hall–Kier alpha value is -2.40. The summed E-state index contributed by atoms with van der Waals surface area (Å²) >= 11 is 0. The van der Waals surface area contributed by atoms with Crippen LogP contribution in [-0.4, -0.2) is 33.9 Å². The lowest BCUT2D eigenvalue weighted by molar-refractivity contribution is 0.0652. The van der Waals surface area contributed by atoms with E-state index in [9.17, 15) is 19.8 Å². The third-order valence-electron chi connectivity index (χ3n) is 2.94. The molecule has 0 heterocycles. The van der Waals surface area contributed by atoms with E-state index in [1.54, 1.807) is 30.3 Å². The monoisotopic (exact) mass is 260 g/mol. The Morgan fingerprint density at radius 2 is 1.63 bits per heavy atom. The van der Waals surface area contributed by atoms with Gasteiger partial charge >= 0.3 is 11.9 Å². The molecule has 0 aliphatic heterocycles. The highest BCUT2D eigenvalue weighted by atomic mass is 16.4. The molecule has 98 valence electrons. The predicted molar refractivity (Wildman–Crippen MR) is 68.7 cm³/mol. The second-order valence-corrected chi connectivity index (χ2v) is 4.09. The number of aromatic carboxylic acids is 2. The van der Waals surface area contributed by atoms with Gasteiger partial charge in [-0.1, -0.05) is 30.3 Å². The molecule has 0 aliphatic rings. The molecule has 0 atom stereocenters. The van der Waals surface area contributed by atoms with Gasteiger partial charge in [-0.05, 0) is 22.8 Å². The minimum atomic E-state index is -1.30. The van der Waals surface area contributed by atoms with Crippen molar-refractivity contribution in [3.63, 3.8) is 0 Å². The van der Waals surface area contributed by atoms with Gasteiger partial charge in [-0.25, -0.2) is 9.59 Å². The average Bonchev–Trinajstić information content (AvgIpc) is 2.37. The zero-order valence-electron chi connectivity index (χ0n) is 9.96. The third kappa shape index (κ3) is 2.28. The number of carboxylic acids is 2. The van der Waals surface area contributed by atoms with E-state index in [1.165, 1.54) is 0 Å². The Kier molecular flexibility index (Phi) is 3.48. The van der Waals surface area contributed by atoms with Crippen LogP contribution in [0.25, 0.3) is 10.8 Å². The first-order valence-electron chi connectivity index (χ1n) is 5.68. The number of rotatable bonds is 4. The predicted octanol–water partition coefficient (Wildman–Crippen LogP) is 1.77. The summed E-state index contributed by atoms with van der Waals surface area (Å²) in [7, 11) is 0. The number of hydrogen-bond donors (Lipinski definition) is 3. The van der Waals surface area contributed by atoms with Gasteiger partial charge in [-0.15, -0.1) is 0 Å². The number of carbonyl (C=O) groups is 2. The Bertz CT molecular complexity index is 660. The summed E-state index contributed by atoms with van der Waals surface area (Å²) in [5.41, 5.74) is -0.152. The van der Waals surface area contributed by atoms with Gasteiger partial charge in [0.2, 0.25) is 0 Å². The quantitative estimate of drug-likeness (QED) is 0.778. The fourth-order valence-electron chi connectivity index (χ4n) is 2.19. The highest BCUT2D eigenvalue weighted by molar-refractivity contribution is 6.12. The van der Waals surface area contributed by atoms with Gasteiger partial charge < -0.3 is 15.3 Å². The highest BCUT2D eigenvalue weighted by Gasteiger charge is 2.23. The molecule has 0 fully saturated rings. The second-order valence-electron chi connectivity index (χ2n) is 4.09. The SMILES string of the molecule is O=C(O)c1c(CCO)cc2ccccc2c1C(=O)O. The molecule has 5 heteroatoms. The molecule has 2 aromatic rings. The summed E-state index contributed by atoms with van der Waals surface area (Å²) in [6.45, 7) is -0.238. The molecule has 0 aliphatic carbocycles. The van der Waals surface area contributed by atoms with Gasteiger partial charge in [-0.2, -0.15) is 0 Å². The molecule has 0 aromatic heterocycles. The molecule has 0 radical (unpaired) electrons. The van der Waals surface area contributed by atoms with Gasteiger partial charge in [0.1, 0.15) is 0 Å². The van der Waals surface area contributed by atoms with Crippen LogP contribution in [0.4, 0.5) is 0 Å². The third-order valence-corrected chi connectivity index (χ3v) is 2.94. The Labute approximate surface area is 108 Å². The lowest BCUT2D eigenvalue weighted by Crippen LogP contribution is -2.13. The summed E-state index contributed by atoms with van der Waals surface area (Å²) < 4.78 is 0. The van der Waals surface area contributed by atoms with Crippen LogP contribution in [0.1, 0.15) is 26.3 Å². The van der Waals surface area contributed by atoms with E-state index >= 15 is 0 Å². The number of aliphatic hydroxyl groups is 1. The van der Waals surface area contributed by atoms with Crippen LogP contribution in [0.3, 0.4) is 0 Å². The van der Waals surface area contributed by atoms with Crippen LogP contribution in [0, 0.1) is 0 Å². The Morgan fingerprint density at radius 1 is 1.00 bits per heavy atom. The molecule has 0 amide bonds. The van der Waals surface area contributed by atoms with E-state index in [4.69, 9.17) is 5.11 Å². The molecule has 19 heavy (non-hydrogen) atoms. The topological polar surface area (TPSA) is 94.8 Å². The first-order valence-corrected chi connectivity index (χ1v) is 5.68. The maximum atomic E-state index is 11.4. The molecule has 3 N–H and O–H groups in total. The molecule has 0 saturated heterocycles. The summed E-state index contributed by atoms with van der Waals surface area (Å²) in [5.74, 6) is -2.58. The molecular weight excluding hydrogens is 248 g/mol. The van der Waals surface area contributed by atoms with Crippen molar-refractivity contribution in [2.45, 2.75) is 6.42 Å². The lowest BCUT2D eigenvalue weighted by Gasteiger charge is -2.12. The van der Waals surface area contributed by atoms with Crippen LogP contribution in [0.15, 0.2) is 30.3 Å². The van der Waals surface area contributed by atoms with Gasteiger partial charge in [0.15, 0.2) is 0 Å². The number of hydrogen-bond acceptors (Lipinski definition) is 3. The fraction of sp³-hybridized carbons (Fsp3) is 0.143. The van der Waals surface area contributed by atoms with Crippen LogP contribution >= 0.6 is 0 Å². The average molecular weight is 260 g/mol. The molecular formula is C14H12O5. The van der Waals surface area contributed by atoms with Crippen LogP contribution in [0.5, 0.6) is 0 Å². The van der Waals surface area contributed by atoms with Crippen LogP contribution in [0.2, 0.25) is 0 Å². The number of aliphatic hydroxyl groups excluding tert-OH is 1. The number of benzene rings is 2. The van der Waals surface area contributed by atoms with E-state index in [0.717, 1.165) is 0 Å². The first kappa shape index (κ1) is 13.0. The molecule has 2 aromatic carbocycles. The van der Waals surface area contributed by atoms with Gasteiger partial charge in [0, 0.05) is 6.61 Å². The summed E-state index contributed by atoms with van der Waals surface area (Å²) in [6, 6.07) is 8.31. The molecule has 5 nitrogen and oxygen atoms in total. The van der Waals surface area contributed by atoms with Gasteiger partial charge in [-0.3, -0.25) is 0 Å². The molecule has 0 unspecified atom stereocenters. The van der Waals surface area contributed by atoms with Crippen molar-refractivity contribution in [1.29, 1.82) is 0 Å². The van der Waals surface area contributed by atoms with Crippen molar-refractivity contribution in [3.05, 3.63) is 47.0 Å². The second kappa shape index (κ2) is 5.07. The normalized spacial score (nSPS) is 10.6. The maximum Gasteiger partial charge on any atom is 0.337 e. The Balaban J connectivity index is 2.91. The summed E-state index contributed by atoms with van der Waals surface area (Å²) in [6.07, 6.45) is 0.104. The zero-order valence-corrected chi connectivity index (χ0v) is 9.96. The van der Waals surface area contributed by atoms with Crippen molar-refractivity contribution in [2.75, 3.05) is 6.61 Å². The minimum absolute atomic E-state index is 0.104. The summed E-state index contributed by atoms with van der Waals surface area (Å²) in [4.78, 5) is 22.7. The van der Waals surface area contributed by atoms with Gasteiger partial charge in [0.05, 0.1) is 11.1 Å². The molecule has 0 bridgehead atoms. The Morgan fingerprint density at radius 3 is 2.21 bits per heavy atom. The van der Waals surface area contributed by atoms with Gasteiger partial charge in [0.25, 0.3) is 0 Å². The van der Waals surface area contributed by atoms with E-state index in [2.05, 4.69) is 0 Å². The largest absolute Gasteiger partial charge is 0.478 e. The van der Waals surface area contributed by atoms with Crippen molar-refractivity contribution < 1.29 is 24.9 Å². The highest BCUT2D eigenvalue weighted by Crippen LogP contribution is 2.27. The summed E-state index contributed by atoms with van der Waals surface area (Å²) in [5, 5.41) is 28.5. The van der Waals surface area contributed by atoms with Crippen LogP contribution in [-0.2, 0) is 6.42 Å². The first-order chi connectivity index (χ1) is 9.06. The van der Waals surface area contributed by atoms with Crippen molar-refractivity contribution >= 4 is 22.7 Å². The lowest BCUT2D eigenvalue weighted by atomic mass is 9.92. The van der Waals surface area contributed by atoms with Crippen molar-refractivity contribution in [3.8, 4) is 0 Å². The molecule has 0 saturated carbocycles. The number of carboxylic acid groups (broad SMARTS) is 2. The molecule has 0 spiro atoms. The maximum absolute atomic E-state index is 11.4. The van der Waals surface area contributed by atoms with Crippen molar-refractivity contribution in [2.24, 2.45) is 0 Å². The number of fused-ring (bicyclic) bond motifs is 1. The van der Waals surface area contributed by atoms with E-state index < -0.39 is 11.9 Å². The smallest absolute Gasteiger partial charge is 0.337 e.